The highest BCUT2D eigenvalue weighted by molar-refractivity contribution is 5.96. The van der Waals surface area contributed by atoms with E-state index in [1.165, 1.54) is 0 Å². The SMILES string of the molecule is C#CC(=O)C1CCC(NC)CC1.C=O. The van der Waals surface area contributed by atoms with Crippen LogP contribution in [-0.2, 0) is 9.59 Å². The minimum absolute atomic E-state index is 0.00967. The Kier molecular flexibility index (Phi) is 6.69. The van der Waals surface area contributed by atoms with E-state index in [2.05, 4.69) is 11.2 Å². The van der Waals surface area contributed by atoms with E-state index in [4.69, 9.17) is 11.2 Å². The number of hydrogen-bond donors (Lipinski definition) is 1. The van der Waals surface area contributed by atoms with Gasteiger partial charge in [0.1, 0.15) is 6.79 Å². The van der Waals surface area contributed by atoms with Crippen LogP contribution in [-0.4, -0.2) is 25.7 Å². The summed E-state index contributed by atoms with van der Waals surface area (Å²) in [5.41, 5.74) is 0. The Balaban J connectivity index is 0.000000791. The van der Waals surface area contributed by atoms with E-state index in [-0.39, 0.29) is 11.7 Å². The number of hydrogen-bond acceptors (Lipinski definition) is 3. The number of rotatable bonds is 2. The smallest absolute Gasteiger partial charge is 0.208 e. The second kappa shape index (κ2) is 7.28. The average Bonchev–Trinajstić information content (AvgIpc) is 2.31. The lowest BCUT2D eigenvalue weighted by Crippen LogP contribution is -2.32. The number of ketones is 1. The molecule has 0 aliphatic heterocycles. The molecule has 1 fully saturated rings. The van der Waals surface area contributed by atoms with Gasteiger partial charge in [0.05, 0.1) is 0 Å². The van der Waals surface area contributed by atoms with Crippen LogP contribution in [0, 0.1) is 18.3 Å². The van der Waals surface area contributed by atoms with Crippen LogP contribution in [0.15, 0.2) is 0 Å². The molecular formula is C11H17NO2. The Labute approximate surface area is 85.3 Å². The maximum atomic E-state index is 11.1. The van der Waals surface area contributed by atoms with Crippen molar-refractivity contribution in [1.82, 2.24) is 5.32 Å². The lowest BCUT2D eigenvalue weighted by Gasteiger charge is -2.25. The number of carbonyl (C=O) groups is 2. The minimum atomic E-state index is -0.00967. The topological polar surface area (TPSA) is 46.2 Å². The molecule has 78 valence electrons. The Hall–Kier alpha value is -1.14. The van der Waals surface area contributed by atoms with Gasteiger partial charge in [-0.3, -0.25) is 4.79 Å². The molecule has 3 heteroatoms. The Morgan fingerprint density at radius 3 is 2.21 bits per heavy atom. The summed E-state index contributed by atoms with van der Waals surface area (Å²) in [4.78, 5) is 19.1. The standard InChI is InChI=1S/C10H15NO.CH2O/c1-3-10(12)8-4-6-9(11-2)7-5-8;1-2/h1,8-9,11H,4-7H2,2H3;1H2. The number of Topliss-reactive ketones (excluding diaryl/α,β-unsaturated/α-hetero) is 1. The molecule has 0 heterocycles. The second-order valence-electron chi connectivity index (χ2n) is 3.35. The number of terminal acetylenes is 1. The Morgan fingerprint density at radius 2 is 1.86 bits per heavy atom. The second-order valence-corrected chi connectivity index (χ2v) is 3.35. The summed E-state index contributed by atoms with van der Waals surface area (Å²) in [5, 5.41) is 3.22. The molecule has 1 aliphatic rings. The molecule has 0 saturated heterocycles. The maximum Gasteiger partial charge on any atom is 0.208 e. The van der Waals surface area contributed by atoms with E-state index in [9.17, 15) is 4.79 Å². The molecule has 1 aliphatic carbocycles. The van der Waals surface area contributed by atoms with Crippen molar-refractivity contribution >= 4 is 12.6 Å². The molecule has 1 saturated carbocycles. The van der Waals surface area contributed by atoms with Crippen LogP contribution in [0.2, 0.25) is 0 Å². The predicted molar refractivity (Wildman–Crippen MR) is 55.8 cm³/mol. The van der Waals surface area contributed by atoms with Gasteiger partial charge in [0.15, 0.2) is 0 Å². The van der Waals surface area contributed by atoms with Gasteiger partial charge in [0, 0.05) is 12.0 Å². The van der Waals surface area contributed by atoms with Crippen molar-refractivity contribution in [1.29, 1.82) is 0 Å². The van der Waals surface area contributed by atoms with Crippen molar-refractivity contribution in [2.45, 2.75) is 31.7 Å². The van der Waals surface area contributed by atoms with Gasteiger partial charge in [-0.15, -0.1) is 6.42 Å². The van der Waals surface area contributed by atoms with E-state index >= 15 is 0 Å². The monoisotopic (exact) mass is 195 g/mol. The Morgan fingerprint density at radius 1 is 1.36 bits per heavy atom. The summed E-state index contributed by atoms with van der Waals surface area (Å²) in [6.07, 6.45) is 9.12. The lowest BCUT2D eigenvalue weighted by atomic mass is 9.84. The van der Waals surface area contributed by atoms with Crippen LogP contribution in [0.4, 0.5) is 0 Å². The average molecular weight is 195 g/mol. The normalized spacial score (nSPS) is 25.4. The molecule has 0 spiro atoms. The first kappa shape index (κ1) is 12.9. The quantitative estimate of drug-likeness (QED) is 0.523. The lowest BCUT2D eigenvalue weighted by molar-refractivity contribution is -0.118. The molecule has 0 atom stereocenters. The maximum absolute atomic E-state index is 11.1. The van der Waals surface area contributed by atoms with Crippen LogP contribution < -0.4 is 5.32 Å². The molecule has 0 radical (unpaired) electrons. The number of carbonyl (C=O) groups excluding carboxylic acids is 2. The third-order valence-corrected chi connectivity index (χ3v) is 2.65. The van der Waals surface area contributed by atoms with Crippen LogP contribution in [0.3, 0.4) is 0 Å². The fourth-order valence-corrected chi connectivity index (χ4v) is 1.76. The number of nitrogens with one attached hydrogen (secondary N) is 1. The van der Waals surface area contributed by atoms with Crippen molar-refractivity contribution in [3.05, 3.63) is 0 Å². The van der Waals surface area contributed by atoms with E-state index < -0.39 is 0 Å². The van der Waals surface area contributed by atoms with Crippen molar-refractivity contribution in [3.8, 4) is 12.3 Å². The zero-order valence-corrected chi connectivity index (χ0v) is 8.58. The fraction of sp³-hybridized carbons (Fsp3) is 0.636. The van der Waals surface area contributed by atoms with Gasteiger partial charge in [0.2, 0.25) is 5.78 Å². The first-order valence-corrected chi connectivity index (χ1v) is 4.74. The minimum Gasteiger partial charge on any atom is -0.317 e. The highest BCUT2D eigenvalue weighted by atomic mass is 16.1. The molecule has 0 aromatic rings. The highest BCUT2D eigenvalue weighted by Crippen LogP contribution is 2.24. The van der Waals surface area contributed by atoms with Gasteiger partial charge >= 0.3 is 0 Å². The summed E-state index contributed by atoms with van der Waals surface area (Å²) in [6.45, 7) is 2.00. The molecular weight excluding hydrogens is 178 g/mol. The van der Waals surface area contributed by atoms with Gasteiger partial charge in [-0.25, -0.2) is 0 Å². The predicted octanol–water partition coefficient (Wildman–Crippen LogP) is 0.782. The van der Waals surface area contributed by atoms with Crippen molar-refractivity contribution < 1.29 is 9.59 Å². The third-order valence-electron chi connectivity index (χ3n) is 2.65. The van der Waals surface area contributed by atoms with Crippen LogP contribution in [0.25, 0.3) is 0 Å². The molecule has 0 unspecified atom stereocenters. The van der Waals surface area contributed by atoms with E-state index in [0.29, 0.717) is 6.04 Å². The summed E-state index contributed by atoms with van der Waals surface area (Å²) in [5.74, 6) is 2.34. The first-order chi connectivity index (χ1) is 6.77. The molecule has 0 amide bonds. The Bertz CT molecular complexity index is 212. The van der Waals surface area contributed by atoms with Crippen LogP contribution in [0.5, 0.6) is 0 Å². The molecule has 0 aromatic carbocycles. The van der Waals surface area contributed by atoms with Gasteiger partial charge in [-0.2, -0.15) is 0 Å². The third kappa shape index (κ3) is 3.71. The highest BCUT2D eigenvalue weighted by Gasteiger charge is 2.23. The van der Waals surface area contributed by atoms with E-state index in [1.54, 1.807) is 0 Å². The van der Waals surface area contributed by atoms with Gasteiger partial charge in [0.25, 0.3) is 0 Å². The molecule has 0 bridgehead atoms. The van der Waals surface area contributed by atoms with E-state index in [0.717, 1.165) is 25.7 Å². The van der Waals surface area contributed by atoms with E-state index in [1.807, 2.05) is 13.8 Å². The molecule has 1 rings (SSSR count). The van der Waals surface area contributed by atoms with Crippen LogP contribution >= 0.6 is 0 Å². The summed E-state index contributed by atoms with van der Waals surface area (Å²) < 4.78 is 0. The van der Waals surface area contributed by atoms with Gasteiger partial charge in [-0.1, -0.05) is 0 Å². The molecule has 0 aromatic heterocycles. The molecule has 1 N–H and O–H groups in total. The van der Waals surface area contributed by atoms with Crippen molar-refractivity contribution in [3.63, 3.8) is 0 Å². The summed E-state index contributed by atoms with van der Waals surface area (Å²) in [7, 11) is 1.97. The summed E-state index contributed by atoms with van der Waals surface area (Å²) in [6, 6.07) is 0.590. The molecule has 3 nitrogen and oxygen atoms in total. The first-order valence-electron chi connectivity index (χ1n) is 4.74. The largest absolute Gasteiger partial charge is 0.317 e. The van der Waals surface area contributed by atoms with Crippen LogP contribution in [0.1, 0.15) is 25.7 Å². The van der Waals surface area contributed by atoms with Crippen molar-refractivity contribution in [2.24, 2.45) is 5.92 Å². The zero-order chi connectivity index (χ0) is 11.0. The molecule has 14 heavy (non-hydrogen) atoms. The van der Waals surface area contributed by atoms with Gasteiger partial charge < -0.3 is 10.1 Å². The zero-order valence-electron chi connectivity index (χ0n) is 8.58. The van der Waals surface area contributed by atoms with Crippen molar-refractivity contribution in [2.75, 3.05) is 7.05 Å². The fourth-order valence-electron chi connectivity index (χ4n) is 1.76. The van der Waals surface area contributed by atoms with Gasteiger partial charge in [-0.05, 0) is 38.7 Å². The summed E-state index contributed by atoms with van der Waals surface area (Å²) >= 11 is 0.